The number of hydrogen-bond acceptors (Lipinski definition) is 13. The number of rotatable bonds is 17. The monoisotopic (exact) mass is 1410 g/mol. The molecule has 22 heteroatoms. The Bertz CT molecular complexity index is 4090. The van der Waals surface area contributed by atoms with E-state index in [9.17, 15) is 19.2 Å². The average Bonchev–Trinajstić information content (AvgIpc) is 1.60. The molecule has 4 N–H and O–H groups in total. The Morgan fingerprint density at radius 1 is 0.553 bits per heavy atom. The zero-order valence-corrected chi connectivity index (χ0v) is 63.3. The molecule has 6 saturated carbocycles. The number of aryl methyl sites for hydroxylation is 4. The third-order valence-corrected chi connectivity index (χ3v) is 22.2. The van der Waals surface area contributed by atoms with Crippen LogP contribution in [0.4, 0.5) is 14.4 Å². The van der Waals surface area contributed by atoms with Crippen molar-refractivity contribution < 1.29 is 42.8 Å². The lowest BCUT2D eigenvalue weighted by Crippen LogP contribution is -2.44. The van der Waals surface area contributed by atoms with Crippen molar-refractivity contribution in [3.05, 3.63) is 178 Å². The van der Waals surface area contributed by atoms with Crippen molar-refractivity contribution >= 4 is 24.6 Å². The van der Waals surface area contributed by atoms with Gasteiger partial charge in [0, 0.05) is 137 Å². The number of H-pyrrole nitrogens is 2. The summed E-state index contributed by atoms with van der Waals surface area (Å²) in [6, 6.07) is 32.9. The number of nitrogens with one attached hydrogen (secondary N) is 4. The van der Waals surface area contributed by atoms with E-state index in [0.717, 1.165) is 102 Å². The highest BCUT2D eigenvalue weighted by Gasteiger charge is 2.55. The van der Waals surface area contributed by atoms with Crippen molar-refractivity contribution in [2.45, 2.75) is 225 Å². The van der Waals surface area contributed by atoms with Crippen molar-refractivity contribution in [3.63, 3.8) is 0 Å². The maximum Gasteiger partial charge on any atom is 0.411 e. The number of benzene rings is 3. The molecule has 0 spiro atoms. The van der Waals surface area contributed by atoms with Gasteiger partial charge in [-0.1, -0.05) is 91.0 Å². The minimum atomic E-state index is -0.523. The molecule has 103 heavy (non-hydrogen) atoms. The third kappa shape index (κ3) is 18.5. The molecule has 3 amide bonds. The molecule has 552 valence electrons. The van der Waals surface area contributed by atoms with Gasteiger partial charge < -0.3 is 39.4 Å². The van der Waals surface area contributed by atoms with E-state index in [4.69, 9.17) is 14.2 Å². The molecule has 0 saturated heterocycles. The number of aromatic nitrogens is 8. The highest BCUT2D eigenvalue weighted by Crippen LogP contribution is 2.54. The second kappa shape index (κ2) is 29.4. The summed E-state index contributed by atoms with van der Waals surface area (Å²) in [5.74, 6) is 1.52. The van der Waals surface area contributed by atoms with Gasteiger partial charge in [0.2, 0.25) is 11.4 Å². The van der Waals surface area contributed by atoms with Gasteiger partial charge in [-0.2, -0.15) is 20.4 Å². The number of hydrogen-bond donors (Lipinski definition) is 4. The first kappa shape index (κ1) is 73.1. The predicted octanol–water partition coefficient (Wildman–Crippen LogP) is 11.3. The van der Waals surface area contributed by atoms with Gasteiger partial charge >= 0.3 is 18.3 Å². The van der Waals surface area contributed by atoms with Gasteiger partial charge in [-0.05, 0) is 142 Å². The van der Waals surface area contributed by atoms with Crippen LogP contribution in [0.1, 0.15) is 200 Å². The van der Waals surface area contributed by atoms with Crippen LogP contribution < -0.4 is 20.0 Å². The van der Waals surface area contributed by atoms with E-state index in [0.29, 0.717) is 42.9 Å². The summed E-state index contributed by atoms with van der Waals surface area (Å²) in [4.78, 5) is 59.7. The summed E-state index contributed by atoms with van der Waals surface area (Å²) < 4.78 is 24.8. The molecule has 6 fully saturated rings. The molecular formula is C81H113N15O7+2. The lowest BCUT2D eigenvalue weighted by Gasteiger charge is -2.32. The lowest BCUT2D eigenvalue weighted by atomic mass is 10.1. The SMILES string of the molecule is CC(C)(C)OC(=O)N(CC1(C=O)CC1)[C@H]1CC1c1ccccc1.C[n+]1[nH]cc2c1CN(C(=O)OC(C)(C)C)C2.C[n+]1[nH]cc2c1CNC2.Cn1ncc2c1CN(CC1(CN(C(=O)OC(C)(C)C)[C@H]3CC3c3ccccc3)CC1)C2.Cn1ncc2c1CN(CC1(CN[C@H]3CC3c3ccccc3)CC1)C2. The average molecular weight is 1410 g/mol. The highest BCUT2D eigenvalue weighted by atomic mass is 16.6. The molecule has 8 heterocycles. The summed E-state index contributed by atoms with van der Waals surface area (Å²) in [6.45, 7) is 29.2. The zero-order chi connectivity index (χ0) is 72.8. The van der Waals surface area contributed by atoms with E-state index in [-0.39, 0.29) is 41.2 Å². The van der Waals surface area contributed by atoms with Crippen LogP contribution in [0.3, 0.4) is 0 Å². The van der Waals surface area contributed by atoms with Crippen molar-refractivity contribution in [3.8, 4) is 0 Å². The Labute approximate surface area is 609 Å². The number of carbonyl (C=O) groups is 4. The largest absolute Gasteiger partial charge is 0.444 e. The number of carbonyl (C=O) groups excluding carboxylic acids is 4. The Kier molecular flexibility index (Phi) is 20.9. The number of fused-ring (bicyclic) bond motifs is 4. The van der Waals surface area contributed by atoms with Crippen LogP contribution in [-0.4, -0.2) is 146 Å². The molecule has 0 bridgehead atoms. The third-order valence-electron chi connectivity index (χ3n) is 22.2. The summed E-state index contributed by atoms with van der Waals surface area (Å²) >= 11 is 0. The summed E-state index contributed by atoms with van der Waals surface area (Å²) in [5, 5.41) is 22.1. The first-order chi connectivity index (χ1) is 49.0. The van der Waals surface area contributed by atoms with Crippen molar-refractivity contribution in [2.24, 2.45) is 44.4 Å². The van der Waals surface area contributed by atoms with Crippen LogP contribution >= 0.6 is 0 Å². The molecule has 4 aliphatic heterocycles. The van der Waals surface area contributed by atoms with Crippen LogP contribution in [0, 0.1) is 16.2 Å². The van der Waals surface area contributed by atoms with E-state index < -0.39 is 16.8 Å². The fraction of sp³-hybridized carbons (Fsp3) is 0.580. The molecule has 6 aliphatic carbocycles. The highest BCUT2D eigenvalue weighted by molar-refractivity contribution is 5.72. The lowest BCUT2D eigenvalue weighted by molar-refractivity contribution is -0.733. The van der Waals surface area contributed by atoms with E-state index >= 15 is 0 Å². The second-order valence-corrected chi connectivity index (χ2v) is 34.4. The van der Waals surface area contributed by atoms with Gasteiger partial charge in [0.25, 0.3) is 0 Å². The maximum absolute atomic E-state index is 13.2. The number of aldehydes is 1. The fourth-order valence-corrected chi connectivity index (χ4v) is 15.5. The molecule has 4 aromatic heterocycles. The van der Waals surface area contributed by atoms with Gasteiger partial charge in [0.05, 0.1) is 60.4 Å². The number of nitrogens with zero attached hydrogens (tertiary/aromatic N) is 11. The molecule has 7 aromatic rings. The molecule has 22 nitrogen and oxygen atoms in total. The Morgan fingerprint density at radius 3 is 1.47 bits per heavy atom. The minimum Gasteiger partial charge on any atom is -0.444 e. The standard InChI is InChI=1S/C25H34N4O2.C20H26N4.C19H25NO3.C11H17N3O2.C6H9N3/c1-24(2,3)31-23(30)29(21-12-20(21)18-8-6-5-7-9-18)17-25(10-11-25)16-28-14-19-13-26-27(4)22(19)15-28;1-23-19-12-24(11-16(19)10-22-23)14-20(7-8-20)13-21-18-9-17(18)15-5-3-2-4-6-15;1-18(2,3)23-17(22)20(12-19(13-21)9-10-19)16-11-15(16)14-7-5-4-6-8-14;1-11(2,3)16-10(15)14-6-8-5-12-13(4)9(8)7-14;1-9-6-4-7-2-5(6)3-8-9/h5-9,13,20-21H,10-12,14-17H2,1-4H3;2-6,10,17-18,21H,7-9,11-14H2,1H3;4-8,13,15-16H,9-12H2,1-3H3;5H,6-7H2,1-4H3;3,7H,2,4H2,1H3/p+2/t20?,21-;17?,18-;15?,16-;;/m000../s1. The number of amides is 3. The Balaban J connectivity index is 0.000000120. The summed E-state index contributed by atoms with van der Waals surface area (Å²) in [5.41, 5.74) is 13.6. The van der Waals surface area contributed by atoms with Crippen LogP contribution in [0.2, 0.25) is 0 Å². The van der Waals surface area contributed by atoms with E-state index in [1.165, 1.54) is 95.7 Å². The molecule has 0 radical (unpaired) electrons. The Morgan fingerprint density at radius 2 is 1.02 bits per heavy atom. The summed E-state index contributed by atoms with van der Waals surface area (Å²) in [6.07, 6.45) is 18.5. The number of ether oxygens (including phenoxy) is 3. The second-order valence-electron chi connectivity index (χ2n) is 34.4. The topological polar surface area (TPSA) is 211 Å². The Hall–Kier alpha value is -8.18. The van der Waals surface area contributed by atoms with Gasteiger partial charge in [0.1, 0.15) is 29.6 Å². The molecule has 3 unspecified atom stereocenters. The van der Waals surface area contributed by atoms with Gasteiger partial charge in [-0.25, -0.2) is 14.4 Å². The predicted molar refractivity (Wildman–Crippen MR) is 392 cm³/mol. The quantitative estimate of drug-likeness (QED) is 0.0380. The van der Waals surface area contributed by atoms with Gasteiger partial charge in [-0.15, -0.1) is 9.36 Å². The van der Waals surface area contributed by atoms with E-state index in [1.807, 2.05) is 134 Å². The first-order valence-corrected chi connectivity index (χ1v) is 37.6. The van der Waals surface area contributed by atoms with Crippen LogP contribution in [-0.2, 0) is 99.6 Å². The van der Waals surface area contributed by atoms with E-state index in [2.05, 4.69) is 136 Å². The van der Waals surface area contributed by atoms with Crippen molar-refractivity contribution in [2.75, 3.05) is 32.7 Å². The number of aromatic amines is 2. The van der Waals surface area contributed by atoms with Crippen LogP contribution in [0.5, 0.6) is 0 Å². The van der Waals surface area contributed by atoms with Crippen LogP contribution in [0.15, 0.2) is 116 Å². The molecule has 6 atom stereocenters. The van der Waals surface area contributed by atoms with Crippen molar-refractivity contribution in [1.29, 1.82) is 0 Å². The summed E-state index contributed by atoms with van der Waals surface area (Å²) in [7, 11) is 8.06. The molecule has 3 aromatic carbocycles. The first-order valence-electron chi connectivity index (χ1n) is 37.6. The minimum absolute atomic E-state index is 0.143. The van der Waals surface area contributed by atoms with Gasteiger partial charge in [-0.3, -0.25) is 24.1 Å². The molecule has 17 rings (SSSR count). The zero-order valence-electron chi connectivity index (χ0n) is 63.3. The fourth-order valence-electron chi connectivity index (χ4n) is 15.5. The molecular weight excluding hydrogens is 1290 g/mol. The smallest absolute Gasteiger partial charge is 0.411 e. The van der Waals surface area contributed by atoms with Crippen LogP contribution in [0.25, 0.3) is 0 Å². The van der Waals surface area contributed by atoms with E-state index in [1.54, 1.807) is 9.80 Å². The normalized spacial score (nSPS) is 22.8. The van der Waals surface area contributed by atoms with Gasteiger partial charge in [0.15, 0.2) is 14.1 Å². The molecule has 10 aliphatic rings. The maximum atomic E-state index is 13.2. The van der Waals surface area contributed by atoms with Crippen molar-refractivity contribution in [1.82, 2.24) is 64.9 Å².